The first-order valence-corrected chi connectivity index (χ1v) is 6.17. The second kappa shape index (κ2) is 2.15. The summed E-state index contributed by atoms with van der Waals surface area (Å²) in [5.74, 6) is 8.83. The second-order valence-electron chi connectivity index (χ2n) is 6.14. The van der Waals surface area contributed by atoms with Gasteiger partial charge in [-0.25, -0.2) is 0 Å². The third kappa shape index (κ3) is 0.714. The Morgan fingerprint density at radius 2 is 1.69 bits per heavy atom. The molecule has 0 amide bonds. The van der Waals surface area contributed by atoms with Crippen LogP contribution in [0.25, 0.3) is 0 Å². The van der Waals surface area contributed by atoms with Gasteiger partial charge in [0.15, 0.2) is 0 Å². The van der Waals surface area contributed by atoms with Crippen LogP contribution in [0, 0.1) is 41.4 Å². The number of fused-ring (bicyclic) bond motifs is 9. The van der Waals surface area contributed by atoms with Gasteiger partial charge in [0.25, 0.3) is 0 Å². The SMILES string of the molecule is C[C]1CC2CC1C1C3CCC(C3)C21. The number of hydrogen-bond donors (Lipinski definition) is 0. The van der Waals surface area contributed by atoms with Crippen LogP contribution < -0.4 is 0 Å². The largest absolute Gasteiger partial charge is 0.0588 e. The Bertz CT molecular complexity index is 244. The maximum atomic E-state index is 2.44. The molecule has 0 heteroatoms. The lowest BCUT2D eigenvalue weighted by molar-refractivity contribution is 0.159. The van der Waals surface area contributed by atoms with Gasteiger partial charge in [-0.2, -0.15) is 0 Å². The monoisotopic (exact) mass is 175 g/mol. The number of rotatable bonds is 0. The smallest absolute Gasteiger partial charge is 0.0235 e. The summed E-state index contributed by atoms with van der Waals surface area (Å²) in [5.41, 5.74) is 0. The van der Waals surface area contributed by atoms with E-state index in [-0.39, 0.29) is 0 Å². The molecule has 0 N–H and O–H groups in total. The lowest BCUT2D eigenvalue weighted by Gasteiger charge is -2.37. The molecule has 0 nitrogen and oxygen atoms in total. The molecule has 0 aromatic heterocycles. The molecule has 4 fully saturated rings. The zero-order chi connectivity index (χ0) is 8.58. The third-order valence-electron chi connectivity index (χ3n) is 5.83. The Hall–Kier alpha value is 0. The minimum Gasteiger partial charge on any atom is -0.0588 e. The first-order valence-electron chi connectivity index (χ1n) is 6.17. The van der Waals surface area contributed by atoms with Gasteiger partial charge in [-0.1, -0.05) is 6.92 Å². The molecule has 4 saturated carbocycles. The maximum Gasteiger partial charge on any atom is -0.0235 e. The summed E-state index contributed by atoms with van der Waals surface area (Å²) in [6.07, 6.45) is 7.90. The molecule has 6 atom stereocenters. The second-order valence-corrected chi connectivity index (χ2v) is 6.14. The molecule has 4 aliphatic rings. The molecular formula is C13H19. The van der Waals surface area contributed by atoms with Crippen LogP contribution in [-0.4, -0.2) is 0 Å². The molecule has 0 spiro atoms. The van der Waals surface area contributed by atoms with Crippen LogP contribution in [0.3, 0.4) is 0 Å². The first-order chi connectivity index (χ1) is 6.34. The standard InChI is InChI=1S/C13H19/c1-7-4-10-6-11(7)13-9-3-2-8(5-9)12(10)13/h8-13H,2-6H2,1H3. The first kappa shape index (κ1) is 7.31. The van der Waals surface area contributed by atoms with Crippen LogP contribution in [0.2, 0.25) is 0 Å². The quantitative estimate of drug-likeness (QED) is 0.496. The zero-order valence-electron chi connectivity index (χ0n) is 8.50. The summed E-state index contributed by atoms with van der Waals surface area (Å²) < 4.78 is 0. The van der Waals surface area contributed by atoms with E-state index < -0.39 is 0 Å². The molecule has 0 aliphatic heterocycles. The minimum absolute atomic E-state index is 1.09. The Morgan fingerprint density at radius 3 is 2.54 bits per heavy atom. The highest BCUT2D eigenvalue weighted by molar-refractivity contribution is 5.18. The molecule has 4 bridgehead atoms. The molecule has 4 rings (SSSR count). The summed E-state index contributed by atoms with van der Waals surface area (Å²) in [4.78, 5) is 0. The molecule has 0 aromatic rings. The molecule has 4 aliphatic carbocycles. The Balaban J connectivity index is 1.75. The Labute approximate surface area is 81.1 Å². The average Bonchev–Trinajstić information content (AvgIpc) is 2.78. The van der Waals surface area contributed by atoms with Gasteiger partial charge in [-0.3, -0.25) is 0 Å². The van der Waals surface area contributed by atoms with Gasteiger partial charge >= 0.3 is 0 Å². The van der Waals surface area contributed by atoms with Crippen molar-refractivity contribution in [3.05, 3.63) is 5.92 Å². The lowest BCUT2D eigenvalue weighted by atomic mass is 9.68. The van der Waals surface area contributed by atoms with Crippen LogP contribution in [0.15, 0.2) is 0 Å². The third-order valence-corrected chi connectivity index (χ3v) is 5.83. The Kier molecular flexibility index (Phi) is 1.21. The predicted octanol–water partition coefficient (Wildman–Crippen LogP) is 3.28. The zero-order valence-corrected chi connectivity index (χ0v) is 8.50. The predicted molar refractivity (Wildman–Crippen MR) is 52.9 cm³/mol. The fraction of sp³-hybridized carbons (Fsp3) is 0.923. The molecule has 0 aromatic carbocycles. The van der Waals surface area contributed by atoms with E-state index in [1.54, 1.807) is 25.7 Å². The van der Waals surface area contributed by atoms with Crippen molar-refractivity contribution in [3.63, 3.8) is 0 Å². The highest BCUT2D eigenvalue weighted by atomic mass is 14.7. The molecular weight excluding hydrogens is 156 g/mol. The van der Waals surface area contributed by atoms with Gasteiger partial charge in [-0.15, -0.1) is 0 Å². The van der Waals surface area contributed by atoms with Crippen molar-refractivity contribution < 1.29 is 0 Å². The van der Waals surface area contributed by atoms with Gasteiger partial charge in [0.2, 0.25) is 0 Å². The normalized spacial score (nSPS) is 63.5. The van der Waals surface area contributed by atoms with Gasteiger partial charge in [0, 0.05) is 0 Å². The van der Waals surface area contributed by atoms with Crippen LogP contribution in [0.1, 0.15) is 39.0 Å². The molecule has 6 unspecified atom stereocenters. The van der Waals surface area contributed by atoms with E-state index in [4.69, 9.17) is 0 Å². The van der Waals surface area contributed by atoms with Crippen molar-refractivity contribution in [2.45, 2.75) is 39.0 Å². The topological polar surface area (TPSA) is 0 Å². The fourth-order valence-electron chi connectivity index (χ4n) is 5.63. The summed E-state index contributed by atoms with van der Waals surface area (Å²) in [6.45, 7) is 2.44. The molecule has 1 radical (unpaired) electrons. The summed E-state index contributed by atoms with van der Waals surface area (Å²) in [6, 6.07) is 0. The highest BCUT2D eigenvalue weighted by Crippen LogP contribution is 2.69. The highest BCUT2D eigenvalue weighted by Gasteiger charge is 2.61. The van der Waals surface area contributed by atoms with Crippen LogP contribution in [0.5, 0.6) is 0 Å². The van der Waals surface area contributed by atoms with Crippen molar-refractivity contribution in [1.29, 1.82) is 0 Å². The number of hydrogen-bond acceptors (Lipinski definition) is 0. The van der Waals surface area contributed by atoms with E-state index in [0.717, 1.165) is 11.8 Å². The molecule has 71 valence electrons. The van der Waals surface area contributed by atoms with Gasteiger partial charge < -0.3 is 0 Å². The summed E-state index contributed by atoms with van der Waals surface area (Å²) >= 11 is 0. The van der Waals surface area contributed by atoms with Gasteiger partial charge in [-0.05, 0) is 73.5 Å². The average molecular weight is 175 g/mol. The fourth-order valence-corrected chi connectivity index (χ4v) is 5.63. The van der Waals surface area contributed by atoms with Crippen molar-refractivity contribution in [3.8, 4) is 0 Å². The molecule has 13 heavy (non-hydrogen) atoms. The molecule has 0 saturated heterocycles. The summed E-state index contributed by atoms with van der Waals surface area (Å²) in [7, 11) is 0. The van der Waals surface area contributed by atoms with Gasteiger partial charge in [0.05, 0.1) is 0 Å². The van der Waals surface area contributed by atoms with Crippen LogP contribution in [0.4, 0.5) is 0 Å². The molecule has 0 heterocycles. The Morgan fingerprint density at radius 1 is 0.923 bits per heavy atom. The van der Waals surface area contributed by atoms with Crippen LogP contribution in [-0.2, 0) is 0 Å². The maximum absolute atomic E-state index is 2.44. The minimum atomic E-state index is 1.09. The van der Waals surface area contributed by atoms with Crippen molar-refractivity contribution in [2.24, 2.45) is 35.5 Å². The van der Waals surface area contributed by atoms with Crippen molar-refractivity contribution >= 4 is 0 Å². The van der Waals surface area contributed by atoms with E-state index in [1.807, 2.05) is 5.92 Å². The van der Waals surface area contributed by atoms with E-state index in [0.29, 0.717) is 0 Å². The van der Waals surface area contributed by atoms with Gasteiger partial charge in [0.1, 0.15) is 0 Å². The van der Waals surface area contributed by atoms with E-state index in [9.17, 15) is 0 Å². The van der Waals surface area contributed by atoms with E-state index in [1.165, 1.54) is 30.1 Å². The van der Waals surface area contributed by atoms with Crippen LogP contribution >= 0.6 is 0 Å². The van der Waals surface area contributed by atoms with Crippen molar-refractivity contribution in [2.75, 3.05) is 0 Å². The summed E-state index contributed by atoms with van der Waals surface area (Å²) in [5, 5.41) is 0. The van der Waals surface area contributed by atoms with E-state index >= 15 is 0 Å². The lowest BCUT2D eigenvalue weighted by Crippen LogP contribution is -2.30. The van der Waals surface area contributed by atoms with Crippen molar-refractivity contribution in [1.82, 2.24) is 0 Å². The van der Waals surface area contributed by atoms with E-state index in [2.05, 4.69) is 6.92 Å².